The Morgan fingerprint density at radius 3 is 2.08 bits per heavy atom. The number of rotatable bonds is 8. The molecule has 0 saturated carbocycles. The van der Waals surface area contributed by atoms with Crippen LogP contribution >= 0.6 is 0 Å². The van der Waals surface area contributed by atoms with E-state index in [1.165, 1.54) is 40.7 Å². The van der Waals surface area contributed by atoms with Gasteiger partial charge in [-0.1, -0.05) is 35.9 Å². The summed E-state index contributed by atoms with van der Waals surface area (Å²) < 4.78 is 60.4. The van der Waals surface area contributed by atoms with Gasteiger partial charge in [-0.25, -0.2) is 16.8 Å². The normalized spacial score (nSPS) is 14.8. The molecule has 0 aliphatic carbocycles. The number of nitrogens with zero attached hydrogens (tertiary/aromatic N) is 2. The van der Waals surface area contributed by atoms with Crippen molar-refractivity contribution in [1.82, 2.24) is 4.31 Å². The fourth-order valence-electron chi connectivity index (χ4n) is 3.96. The van der Waals surface area contributed by atoms with Gasteiger partial charge in [0.2, 0.25) is 15.9 Å². The number of amides is 1. The summed E-state index contributed by atoms with van der Waals surface area (Å²) >= 11 is 0. The van der Waals surface area contributed by atoms with Gasteiger partial charge in [0.05, 0.1) is 28.7 Å². The zero-order chi connectivity index (χ0) is 26.6. The van der Waals surface area contributed by atoms with Crippen LogP contribution in [0.2, 0.25) is 0 Å². The first-order valence-corrected chi connectivity index (χ1v) is 14.6. The Labute approximate surface area is 217 Å². The second-order valence-corrected chi connectivity index (χ2v) is 12.5. The zero-order valence-corrected chi connectivity index (χ0v) is 22.3. The summed E-state index contributed by atoms with van der Waals surface area (Å²) in [5.74, 6) is -0.567. The van der Waals surface area contributed by atoms with E-state index in [1.54, 1.807) is 43.3 Å². The predicted octanol–water partition coefficient (Wildman–Crippen LogP) is 3.16. The highest BCUT2D eigenvalue weighted by atomic mass is 32.2. The number of aryl methyl sites for hydroxylation is 2. The standard InChI is InChI=1S/C26H29N3O6S2/c1-20-7-11-24(12-8-20)37(33,34)29(25-6-4-3-5-21(25)2)19-26(30)27-22-9-13-23(14-10-22)36(31,32)28-15-17-35-18-16-28/h3-14H,15-19H2,1-2H3,(H,27,30). The van der Waals surface area contributed by atoms with Crippen LogP contribution in [0.15, 0.2) is 82.6 Å². The van der Waals surface area contributed by atoms with Crippen LogP contribution < -0.4 is 9.62 Å². The number of hydrogen-bond acceptors (Lipinski definition) is 6. The molecule has 1 fully saturated rings. The zero-order valence-electron chi connectivity index (χ0n) is 20.6. The van der Waals surface area contributed by atoms with E-state index >= 15 is 0 Å². The van der Waals surface area contributed by atoms with Gasteiger partial charge in [0.25, 0.3) is 10.0 Å². The molecule has 0 unspecified atom stereocenters. The van der Waals surface area contributed by atoms with Crippen LogP contribution in [0.1, 0.15) is 11.1 Å². The Balaban J connectivity index is 1.55. The van der Waals surface area contributed by atoms with Crippen molar-refractivity contribution in [2.75, 3.05) is 42.5 Å². The van der Waals surface area contributed by atoms with Crippen LogP contribution in [0, 0.1) is 13.8 Å². The van der Waals surface area contributed by atoms with Gasteiger partial charge in [0.1, 0.15) is 6.54 Å². The largest absolute Gasteiger partial charge is 0.379 e. The maximum absolute atomic E-state index is 13.6. The van der Waals surface area contributed by atoms with Crippen LogP contribution in [-0.4, -0.2) is 59.9 Å². The van der Waals surface area contributed by atoms with Crippen molar-refractivity contribution in [3.8, 4) is 0 Å². The molecule has 0 atom stereocenters. The van der Waals surface area contributed by atoms with E-state index < -0.39 is 32.5 Å². The summed E-state index contributed by atoms with van der Waals surface area (Å²) in [6.45, 7) is 4.43. The highest BCUT2D eigenvalue weighted by Crippen LogP contribution is 2.27. The van der Waals surface area contributed by atoms with E-state index in [0.29, 0.717) is 30.2 Å². The molecule has 0 bridgehead atoms. The molecule has 0 radical (unpaired) electrons. The fourth-order valence-corrected chi connectivity index (χ4v) is 6.85. The second-order valence-electron chi connectivity index (χ2n) is 8.70. The molecule has 3 aromatic carbocycles. The first-order valence-electron chi connectivity index (χ1n) is 11.7. The van der Waals surface area contributed by atoms with Gasteiger partial charge in [0.15, 0.2) is 0 Å². The Hall–Kier alpha value is -3.25. The monoisotopic (exact) mass is 543 g/mol. The highest BCUT2D eigenvalue weighted by molar-refractivity contribution is 7.92. The molecular formula is C26H29N3O6S2. The molecule has 1 N–H and O–H groups in total. The number of ether oxygens (including phenoxy) is 1. The lowest BCUT2D eigenvalue weighted by atomic mass is 10.2. The minimum atomic E-state index is -4.04. The van der Waals surface area contributed by atoms with Crippen molar-refractivity contribution in [2.24, 2.45) is 0 Å². The fraction of sp³-hybridized carbons (Fsp3) is 0.269. The van der Waals surface area contributed by atoms with E-state index in [-0.39, 0.29) is 22.9 Å². The van der Waals surface area contributed by atoms with Crippen LogP contribution in [0.25, 0.3) is 0 Å². The average molecular weight is 544 g/mol. The molecular weight excluding hydrogens is 514 g/mol. The summed E-state index contributed by atoms with van der Waals surface area (Å²) in [6, 6.07) is 19.2. The molecule has 0 aromatic heterocycles. The van der Waals surface area contributed by atoms with Crippen LogP contribution in [0.5, 0.6) is 0 Å². The van der Waals surface area contributed by atoms with E-state index in [1.807, 2.05) is 6.92 Å². The van der Waals surface area contributed by atoms with Gasteiger partial charge >= 0.3 is 0 Å². The summed E-state index contributed by atoms with van der Waals surface area (Å²) in [5, 5.41) is 2.68. The topological polar surface area (TPSA) is 113 Å². The lowest BCUT2D eigenvalue weighted by molar-refractivity contribution is -0.114. The molecule has 0 spiro atoms. The third-order valence-corrected chi connectivity index (χ3v) is 9.71. The maximum atomic E-state index is 13.6. The molecule has 196 valence electrons. The van der Waals surface area contributed by atoms with E-state index in [0.717, 1.165) is 9.87 Å². The molecule has 37 heavy (non-hydrogen) atoms. The first-order chi connectivity index (χ1) is 17.6. The number of carbonyl (C=O) groups is 1. The van der Waals surface area contributed by atoms with Crippen molar-refractivity contribution in [3.05, 3.63) is 83.9 Å². The van der Waals surface area contributed by atoms with E-state index in [4.69, 9.17) is 4.74 Å². The molecule has 3 aromatic rings. The molecule has 1 saturated heterocycles. The minimum absolute atomic E-state index is 0.0758. The number of anilines is 2. The van der Waals surface area contributed by atoms with Gasteiger partial charge < -0.3 is 10.1 Å². The number of hydrogen-bond donors (Lipinski definition) is 1. The smallest absolute Gasteiger partial charge is 0.264 e. The number of morpholine rings is 1. The summed E-state index contributed by atoms with van der Waals surface area (Å²) in [6.07, 6.45) is 0. The van der Waals surface area contributed by atoms with Gasteiger partial charge in [-0.2, -0.15) is 4.31 Å². The average Bonchev–Trinajstić information content (AvgIpc) is 2.89. The number of benzene rings is 3. The van der Waals surface area contributed by atoms with Crippen molar-refractivity contribution < 1.29 is 26.4 Å². The van der Waals surface area contributed by atoms with Crippen molar-refractivity contribution >= 4 is 37.3 Å². The Morgan fingerprint density at radius 1 is 0.865 bits per heavy atom. The lowest BCUT2D eigenvalue weighted by Crippen LogP contribution is -2.40. The highest BCUT2D eigenvalue weighted by Gasteiger charge is 2.29. The summed E-state index contributed by atoms with van der Waals surface area (Å²) in [4.78, 5) is 13.2. The number of sulfonamides is 2. The van der Waals surface area contributed by atoms with E-state index in [2.05, 4.69) is 5.32 Å². The van der Waals surface area contributed by atoms with Gasteiger partial charge in [-0.3, -0.25) is 9.10 Å². The van der Waals surface area contributed by atoms with Gasteiger partial charge in [-0.15, -0.1) is 0 Å². The Bertz CT molecular complexity index is 1470. The second kappa shape index (κ2) is 11.0. The summed E-state index contributed by atoms with van der Waals surface area (Å²) in [7, 11) is -7.71. The third kappa shape index (κ3) is 6.02. The number of para-hydroxylation sites is 1. The Morgan fingerprint density at radius 2 is 1.46 bits per heavy atom. The molecule has 1 aliphatic heterocycles. The van der Waals surface area contributed by atoms with Crippen molar-refractivity contribution in [2.45, 2.75) is 23.6 Å². The minimum Gasteiger partial charge on any atom is -0.379 e. The van der Waals surface area contributed by atoms with Crippen LogP contribution in [0.4, 0.5) is 11.4 Å². The molecule has 4 rings (SSSR count). The molecule has 1 aliphatic rings. The van der Waals surface area contributed by atoms with Crippen molar-refractivity contribution in [1.29, 1.82) is 0 Å². The maximum Gasteiger partial charge on any atom is 0.264 e. The van der Waals surface area contributed by atoms with Crippen LogP contribution in [0.3, 0.4) is 0 Å². The van der Waals surface area contributed by atoms with Gasteiger partial charge in [0, 0.05) is 18.8 Å². The van der Waals surface area contributed by atoms with Crippen LogP contribution in [-0.2, 0) is 29.6 Å². The first kappa shape index (κ1) is 26.8. The van der Waals surface area contributed by atoms with E-state index in [9.17, 15) is 21.6 Å². The number of nitrogens with one attached hydrogen (secondary N) is 1. The molecule has 9 nitrogen and oxygen atoms in total. The quantitative estimate of drug-likeness (QED) is 0.467. The third-order valence-electron chi connectivity index (χ3n) is 6.03. The molecule has 1 heterocycles. The van der Waals surface area contributed by atoms with Crippen molar-refractivity contribution in [3.63, 3.8) is 0 Å². The summed E-state index contributed by atoms with van der Waals surface area (Å²) in [5.41, 5.74) is 2.36. The number of carbonyl (C=O) groups excluding carboxylic acids is 1. The molecule has 11 heteroatoms. The van der Waals surface area contributed by atoms with Gasteiger partial charge in [-0.05, 0) is 61.9 Å². The lowest BCUT2D eigenvalue weighted by Gasteiger charge is -2.26. The Kier molecular flexibility index (Phi) is 7.98. The molecule has 1 amide bonds. The SMILES string of the molecule is Cc1ccc(S(=O)(=O)N(CC(=O)Nc2ccc(S(=O)(=O)N3CCOCC3)cc2)c2ccccc2C)cc1. The predicted molar refractivity (Wildman–Crippen MR) is 142 cm³/mol.